The van der Waals surface area contributed by atoms with Gasteiger partial charge in [-0.05, 0) is 87.4 Å². The van der Waals surface area contributed by atoms with Crippen LogP contribution in [0.4, 0.5) is 0 Å². The Labute approximate surface area is 165 Å². The quantitative estimate of drug-likeness (QED) is 0.841. The molecule has 1 saturated heterocycles. The molecule has 1 unspecified atom stereocenters. The lowest BCUT2D eigenvalue weighted by Crippen LogP contribution is -2.48. The summed E-state index contributed by atoms with van der Waals surface area (Å²) in [5, 5.41) is 3.40. The first-order valence-electron chi connectivity index (χ1n) is 11.4. The van der Waals surface area contributed by atoms with Gasteiger partial charge in [-0.15, -0.1) is 0 Å². The maximum absolute atomic E-state index is 12.4. The van der Waals surface area contributed by atoms with E-state index in [1.807, 2.05) is 0 Å². The molecule has 4 aliphatic carbocycles. The minimum absolute atomic E-state index is 0. The zero-order chi connectivity index (χ0) is 18.0. The van der Waals surface area contributed by atoms with Crippen molar-refractivity contribution in [3.05, 3.63) is 35.4 Å². The summed E-state index contributed by atoms with van der Waals surface area (Å²) in [5.74, 6) is 2.62. The molecule has 1 spiro atoms. The third kappa shape index (κ3) is 2.68. The second kappa shape index (κ2) is 6.07. The Morgan fingerprint density at radius 2 is 1.89 bits per heavy atom. The van der Waals surface area contributed by atoms with Crippen molar-refractivity contribution >= 4 is 5.91 Å². The minimum atomic E-state index is 0. The molecule has 4 atom stereocenters. The number of nitrogens with zero attached hydrogens (tertiary/aromatic N) is 1. The Bertz CT molecular complexity index is 757. The predicted octanol–water partition coefficient (Wildman–Crippen LogP) is 4.67. The molecule has 1 aliphatic heterocycles. The summed E-state index contributed by atoms with van der Waals surface area (Å²) >= 11 is 0. The fourth-order valence-corrected chi connectivity index (χ4v) is 7.07. The molecule has 5 aliphatic rings. The van der Waals surface area contributed by atoms with E-state index in [-0.39, 0.29) is 8.90 Å². The van der Waals surface area contributed by atoms with Gasteiger partial charge in [0.1, 0.15) is 0 Å². The maximum Gasteiger partial charge on any atom is 0.223 e. The van der Waals surface area contributed by atoms with E-state index in [0.29, 0.717) is 17.2 Å². The Hall–Kier alpha value is -1.35. The Kier molecular flexibility index (Phi) is 3.73. The van der Waals surface area contributed by atoms with E-state index in [0.717, 1.165) is 37.1 Å². The van der Waals surface area contributed by atoms with Gasteiger partial charge in [0.15, 0.2) is 0 Å². The normalized spacial score (nSPS) is 36.9. The number of hydrogen-bond donors (Lipinski definition) is 1. The molecule has 148 valence electrons. The lowest BCUT2D eigenvalue weighted by molar-refractivity contribution is -0.123. The lowest BCUT2D eigenvalue weighted by Gasteiger charge is -2.44. The van der Waals surface area contributed by atoms with Crippen LogP contribution in [0, 0.1) is 17.8 Å². The van der Waals surface area contributed by atoms with Gasteiger partial charge in [0.25, 0.3) is 0 Å². The number of piperidine rings is 1. The van der Waals surface area contributed by atoms with Crippen LogP contribution in [-0.2, 0) is 10.2 Å². The van der Waals surface area contributed by atoms with Gasteiger partial charge < -0.3 is 10.2 Å². The molecule has 1 heterocycles. The highest BCUT2D eigenvalue weighted by Crippen LogP contribution is 2.53. The minimum Gasteiger partial charge on any atom is -0.349 e. The molecular formula is C24H36N2O. The molecule has 3 heteroatoms. The van der Waals surface area contributed by atoms with Gasteiger partial charge in [-0.1, -0.05) is 30.7 Å². The summed E-state index contributed by atoms with van der Waals surface area (Å²) in [6.45, 7) is 2.51. The summed E-state index contributed by atoms with van der Waals surface area (Å²) in [4.78, 5) is 15.3. The molecule has 1 aromatic rings. The van der Waals surface area contributed by atoms with Gasteiger partial charge in [0, 0.05) is 20.2 Å². The van der Waals surface area contributed by atoms with Gasteiger partial charge in [-0.25, -0.2) is 0 Å². The van der Waals surface area contributed by atoms with E-state index in [1.165, 1.54) is 57.2 Å². The second-order valence-electron chi connectivity index (χ2n) is 10.2. The van der Waals surface area contributed by atoms with E-state index in [1.54, 1.807) is 5.56 Å². The predicted molar refractivity (Wildman–Crippen MR) is 111 cm³/mol. The van der Waals surface area contributed by atoms with Gasteiger partial charge in [-0.3, -0.25) is 4.79 Å². The van der Waals surface area contributed by atoms with Crippen molar-refractivity contribution in [2.75, 3.05) is 13.1 Å². The average Bonchev–Trinajstić information content (AvgIpc) is 3.24. The topological polar surface area (TPSA) is 32.3 Å². The molecular weight excluding hydrogens is 332 g/mol. The monoisotopic (exact) mass is 368 g/mol. The molecule has 1 amide bonds. The second-order valence-corrected chi connectivity index (χ2v) is 10.2. The molecule has 3 saturated carbocycles. The van der Waals surface area contributed by atoms with Gasteiger partial charge >= 0.3 is 0 Å². The number of rotatable bonds is 3. The van der Waals surface area contributed by atoms with Crippen molar-refractivity contribution in [2.45, 2.75) is 75.3 Å². The summed E-state index contributed by atoms with van der Waals surface area (Å²) in [6.07, 6.45) is 11.8. The molecule has 6 rings (SSSR count). The molecule has 1 aromatic carbocycles. The van der Waals surface area contributed by atoms with Crippen molar-refractivity contribution in [1.82, 2.24) is 10.2 Å². The van der Waals surface area contributed by atoms with Crippen LogP contribution in [0.5, 0.6) is 0 Å². The Morgan fingerprint density at radius 3 is 2.59 bits per heavy atom. The van der Waals surface area contributed by atoms with Crippen LogP contribution < -0.4 is 5.32 Å². The molecule has 3 nitrogen and oxygen atoms in total. The van der Waals surface area contributed by atoms with Crippen molar-refractivity contribution < 1.29 is 7.65 Å². The summed E-state index contributed by atoms with van der Waals surface area (Å²) in [7, 11) is 0. The standard InChI is InChI=1S/C24H32N2O.2H2/c27-23(17-7-8-17)25-21-15-24(20-4-2-1-3-19(20)21)9-11-26(12-10-24)22-14-16-5-6-18(22)13-16;;/h1-4,16-18,21-22H,5-15H2,(H,25,27);2*1H/t16?,18-,21+,22-;;/m1../s1. The number of carbonyl (C=O) groups excluding carboxylic acids is 1. The first kappa shape index (κ1) is 16.6. The van der Waals surface area contributed by atoms with E-state index < -0.39 is 0 Å². The smallest absolute Gasteiger partial charge is 0.223 e. The van der Waals surface area contributed by atoms with Crippen molar-refractivity contribution in [3.63, 3.8) is 0 Å². The number of hydrogen-bond acceptors (Lipinski definition) is 2. The number of fused-ring (bicyclic) bond motifs is 4. The number of benzene rings is 1. The Balaban J connectivity index is 0.00000102. The van der Waals surface area contributed by atoms with E-state index in [4.69, 9.17) is 0 Å². The SMILES string of the molecule is O=C(N[C@H]1CC2(CCN([C@@H]3CC4CC[C@@H]3C4)CC2)c2ccccc21)C1CC1.[HH].[HH]. The molecule has 1 N–H and O–H groups in total. The van der Waals surface area contributed by atoms with E-state index >= 15 is 0 Å². The van der Waals surface area contributed by atoms with Gasteiger partial charge in [-0.2, -0.15) is 0 Å². The van der Waals surface area contributed by atoms with Crippen LogP contribution in [0.15, 0.2) is 24.3 Å². The van der Waals surface area contributed by atoms with Crippen LogP contribution in [-0.4, -0.2) is 29.9 Å². The van der Waals surface area contributed by atoms with Gasteiger partial charge in [0.2, 0.25) is 5.91 Å². The fourth-order valence-electron chi connectivity index (χ4n) is 7.07. The first-order chi connectivity index (χ1) is 13.2. The van der Waals surface area contributed by atoms with Crippen molar-refractivity contribution in [2.24, 2.45) is 17.8 Å². The third-order valence-electron chi connectivity index (χ3n) is 8.69. The van der Waals surface area contributed by atoms with Crippen LogP contribution >= 0.6 is 0 Å². The fraction of sp³-hybridized carbons (Fsp3) is 0.708. The van der Waals surface area contributed by atoms with E-state index in [9.17, 15) is 4.79 Å². The molecule has 27 heavy (non-hydrogen) atoms. The van der Waals surface area contributed by atoms with Crippen LogP contribution in [0.2, 0.25) is 0 Å². The zero-order valence-electron chi connectivity index (χ0n) is 16.3. The molecule has 0 aromatic heterocycles. The number of amides is 1. The number of nitrogens with one attached hydrogen (secondary N) is 1. The molecule has 4 fully saturated rings. The summed E-state index contributed by atoms with van der Waals surface area (Å²) < 4.78 is 0. The average molecular weight is 369 g/mol. The van der Waals surface area contributed by atoms with Gasteiger partial charge in [0.05, 0.1) is 6.04 Å². The third-order valence-corrected chi connectivity index (χ3v) is 8.69. The van der Waals surface area contributed by atoms with Crippen LogP contribution in [0.25, 0.3) is 0 Å². The van der Waals surface area contributed by atoms with Crippen molar-refractivity contribution in [3.8, 4) is 0 Å². The lowest BCUT2D eigenvalue weighted by atomic mass is 9.73. The highest BCUT2D eigenvalue weighted by molar-refractivity contribution is 5.81. The molecule has 2 bridgehead atoms. The highest BCUT2D eigenvalue weighted by Gasteiger charge is 2.49. The largest absolute Gasteiger partial charge is 0.349 e. The van der Waals surface area contributed by atoms with Crippen molar-refractivity contribution in [1.29, 1.82) is 0 Å². The van der Waals surface area contributed by atoms with Crippen LogP contribution in [0.3, 0.4) is 0 Å². The summed E-state index contributed by atoms with van der Waals surface area (Å²) in [5.41, 5.74) is 3.24. The van der Waals surface area contributed by atoms with E-state index in [2.05, 4.69) is 34.5 Å². The Morgan fingerprint density at radius 1 is 1.07 bits per heavy atom. The summed E-state index contributed by atoms with van der Waals surface area (Å²) in [6, 6.07) is 10.1. The first-order valence-corrected chi connectivity index (χ1v) is 11.4. The number of likely N-dealkylation sites (tertiary alicyclic amines) is 1. The highest BCUT2D eigenvalue weighted by atomic mass is 16.2. The van der Waals surface area contributed by atoms with Crippen LogP contribution in [0.1, 0.15) is 77.8 Å². The number of carbonyl (C=O) groups is 1. The maximum atomic E-state index is 12.4. The molecule has 0 radical (unpaired) electrons. The zero-order valence-corrected chi connectivity index (χ0v) is 16.3.